The second-order valence-electron chi connectivity index (χ2n) is 8.41. The topological polar surface area (TPSA) is 52.7 Å². The first-order valence-electron chi connectivity index (χ1n) is 10.1. The Labute approximate surface area is 159 Å². The lowest BCUT2D eigenvalue weighted by atomic mass is 9.73. The van der Waals surface area contributed by atoms with Crippen molar-refractivity contribution in [3.05, 3.63) is 30.1 Å². The van der Waals surface area contributed by atoms with Crippen LogP contribution in [0.25, 0.3) is 0 Å². The van der Waals surface area contributed by atoms with E-state index in [1.54, 1.807) is 18.2 Å². The van der Waals surface area contributed by atoms with Gasteiger partial charge in [0, 0.05) is 43.9 Å². The van der Waals surface area contributed by atoms with Gasteiger partial charge in [-0.3, -0.25) is 9.59 Å². The number of hydrogen-bond acceptors (Lipinski definition) is 3. The maximum Gasteiger partial charge on any atom is 0.225 e. The molecule has 4 rings (SSSR count). The number of nitrogens with zero attached hydrogens (tertiary/aromatic N) is 2. The number of halogens is 1. The molecule has 5 nitrogen and oxygen atoms in total. The first-order valence-corrected chi connectivity index (χ1v) is 10.1. The van der Waals surface area contributed by atoms with E-state index in [1.165, 1.54) is 12.5 Å². The minimum Gasteiger partial charge on any atom is -0.339 e. The van der Waals surface area contributed by atoms with Crippen LogP contribution in [0.5, 0.6) is 0 Å². The van der Waals surface area contributed by atoms with Crippen LogP contribution >= 0.6 is 0 Å². The van der Waals surface area contributed by atoms with Gasteiger partial charge in [0.05, 0.1) is 5.69 Å². The molecule has 1 spiro atoms. The molecule has 1 aliphatic carbocycles. The van der Waals surface area contributed by atoms with Crippen LogP contribution in [0.1, 0.15) is 44.9 Å². The number of amides is 2. The average molecular weight is 373 g/mol. The fraction of sp³-hybridized carbons (Fsp3) is 0.619. The second kappa shape index (κ2) is 7.58. The molecule has 6 heteroatoms. The van der Waals surface area contributed by atoms with Crippen molar-refractivity contribution in [1.82, 2.24) is 9.80 Å². The van der Waals surface area contributed by atoms with Gasteiger partial charge in [-0.25, -0.2) is 4.39 Å². The van der Waals surface area contributed by atoms with Crippen LogP contribution < -0.4 is 5.32 Å². The van der Waals surface area contributed by atoms with Crippen LogP contribution in [0.3, 0.4) is 0 Å². The van der Waals surface area contributed by atoms with Gasteiger partial charge < -0.3 is 15.1 Å². The quantitative estimate of drug-likeness (QED) is 0.863. The zero-order valence-electron chi connectivity index (χ0n) is 15.8. The summed E-state index contributed by atoms with van der Waals surface area (Å²) in [5, 5.41) is 2.66. The monoisotopic (exact) mass is 373 g/mol. The fourth-order valence-corrected chi connectivity index (χ4v) is 4.63. The summed E-state index contributed by atoms with van der Waals surface area (Å²) in [6.45, 7) is 3.51. The van der Waals surface area contributed by atoms with E-state index in [-0.39, 0.29) is 17.0 Å². The van der Waals surface area contributed by atoms with Gasteiger partial charge in [-0.2, -0.15) is 0 Å². The molecule has 1 aromatic rings. The normalized spacial score (nSPS) is 26.4. The van der Waals surface area contributed by atoms with E-state index in [0.29, 0.717) is 31.3 Å². The first-order chi connectivity index (χ1) is 13.0. The number of likely N-dealkylation sites (tertiary alicyclic amines) is 2. The Morgan fingerprint density at radius 3 is 2.81 bits per heavy atom. The molecule has 2 aliphatic heterocycles. The Balaban J connectivity index is 1.30. The highest BCUT2D eigenvalue weighted by Gasteiger charge is 2.45. The van der Waals surface area contributed by atoms with Crippen LogP contribution in [0.2, 0.25) is 0 Å². The van der Waals surface area contributed by atoms with Gasteiger partial charge in [-0.1, -0.05) is 12.1 Å². The molecular weight excluding hydrogens is 345 g/mol. The summed E-state index contributed by atoms with van der Waals surface area (Å²) in [6.07, 6.45) is 6.58. The summed E-state index contributed by atoms with van der Waals surface area (Å²) in [4.78, 5) is 28.9. The van der Waals surface area contributed by atoms with Gasteiger partial charge in [0.2, 0.25) is 11.8 Å². The van der Waals surface area contributed by atoms with Crippen molar-refractivity contribution in [2.45, 2.75) is 51.0 Å². The van der Waals surface area contributed by atoms with Gasteiger partial charge in [-0.15, -0.1) is 0 Å². The number of anilines is 1. The molecule has 1 N–H and O–H groups in total. The van der Waals surface area contributed by atoms with E-state index in [9.17, 15) is 14.0 Å². The Morgan fingerprint density at radius 2 is 2.04 bits per heavy atom. The van der Waals surface area contributed by atoms with Gasteiger partial charge in [0.25, 0.3) is 0 Å². The SMILES string of the molecule is O=C(CCN1CCC[C@@]2(CCC(=O)N(C3CC3)C2)C1)Nc1ccccc1F. The van der Waals surface area contributed by atoms with Gasteiger partial charge >= 0.3 is 0 Å². The molecule has 0 unspecified atom stereocenters. The van der Waals surface area contributed by atoms with E-state index in [4.69, 9.17) is 0 Å². The number of benzene rings is 1. The highest BCUT2D eigenvalue weighted by molar-refractivity contribution is 5.90. The van der Waals surface area contributed by atoms with E-state index < -0.39 is 5.82 Å². The van der Waals surface area contributed by atoms with Crippen LogP contribution in [-0.4, -0.2) is 53.8 Å². The van der Waals surface area contributed by atoms with Gasteiger partial charge in [0.15, 0.2) is 0 Å². The number of hydrogen-bond donors (Lipinski definition) is 1. The fourth-order valence-electron chi connectivity index (χ4n) is 4.63. The van der Waals surface area contributed by atoms with Gasteiger partial charge in [0.1, 0.15) is 5.82 Å². The summed E-state index contributed by atoms with van der Waals surface area (Å²) < 4.78 is 13.7. The molecule has 1 atom stereocenters. The summed E-state index contributed by atoms with van der Waals surface area (Å²) in [5.74, 6) is -0.238. The lowest BCUT2D eigenvalue weighted by Crippen LogP contribution is -2.54. The number of carbonyl (C=O) groups excluding carboxylic acids is 2. The molecule has 1 aromatic carbocycles. The van der Waals surface area contributed by atoms with Crippen molar-refractivity contribution < 1.29 is 14.0 Å². The minimum atomic E-state index is -0.408. The van der Waals surface area contributed by atoms with Crippen molar-refractivity contribution in [3.63, 3.8) is 0 Å². The van der Waals surface area contributed by atoms with Crippen LogP contribution in [0.15, 0.2) is 24.3 Å². The Hall–Kier alpha value is -1.95. The first kappa shape index (κ1) is 18.4. The minimum absolute atomic E-state index is 0.154. The molecule has 2 amide bonds. The highest BCUT2D eigenvalue weighted by atomic mass is 19.1. The summed E-state index contributed by atoms with van der Waals surface area (Å²) in [5.41, 5.74) is 0.431. The Morgan fingerprint density at radius 1 is 1.22 bits per heavy atom. The number of para-hydroxylation sites is 1. The van der Waals surface area contributed by atoms with Crippen molar-refractivity contribution in [3.8, 4) is 0 Å². The molecule has 27 heavy (non-hydrogen) atoms. The van der Waals surface area contributed by atoms with Crippen LogP contribution in [0.4, 0.5) is 10.1 Å². The molecule has 3 fully saturated rings. The third kappa shape index (κ3) is 4.32. The lowest BCUT2D eigenvalue weighted by Gasteiger charge is -2.48. The predicted molar refractivity (Wildman–Crippen MR) is 102 cm³/mol. The largest absolute Gasteiger partial charge is 0.339 e. The molecule has 1 saturated carbocycles. The molecule has 0 radical (unpaired) electrons. The summed E-state index contributed by atoms with van der Waals surface area (Å²) >= 11 is 0. The van der Waals surface area contributed by atoms with Gasteiger partial charge in [-0.05, 0) is 50.8 Å². The Bertz CT molecular complexity index is 721. The average Bonchev–Trinajstić information content (AvgIpc) is 3.50. The lowest BCUT2D eigenvalue weighted by molar-refractivity contribution is -0.140. The molecule has 0 bridgehead atoms. The molecule has 0 aromatic heterocycles. The zero-order valence-corrected chi connectivity index (χ0v) is 15.8. The number of rotatable bonds is 5. The molecule has 2 saturated heterocycles. The predicted octanol–water partition coefficient (Wildman–Crippen LogP) is 3.02. The maximum absolute atomic E-state index is 13.7. The molecular formula is C21H28FN3O2. The van der Waals surface area contributed by atoms with Crippen LogP contribution in [-0.2, 0) is 9.59 Å². The van der Waals surface area contributed by atoms with E-state index in [1.807, 2.05) is 0 Å². The second-order valence-corrected chi connectivity index (χ2v) is 8.41. The Kier molecular flexibility index (Phi) is 5.17. The summed E-state index contributed by atoms with van der Waals surface area (Å²) in [7, 11) is 0. The third-order valence-electron chi connectivity index (χ3n) is 6.23. The highest BCUT2D eigenvalue weighted by Crippen LogP contribution is 2.42. The number of nitrogens with one attached hydrogen (secondary N) is 1. The van der Waals surface area contributed by atoms with E-state index in [0.717, 1.165) is 45.3 Å². The van der Waals surface area contributed by atoms with Crippen molar-refractivity contribution in [1.29, 1.82) is 0 Å². The van der Waals surface area contributed by atoms with Crippen molar-refractivity contribution in [2.24, 2.45) is 5.41 Å². The molecule has 146 valence electrons. The van der Waals surface area contributed by atoms with E-state index >= 15 is 0 Å². The third-order valence-corrected chi connectivity index (χ3v) is 6.23. The maximum atomic E-state index is 13.7. The molecule has 3 aliphatic rings. The standard InChI is InChI=1S/C21H28FN3O2/c22-17-4-1-2-5-18(17)23-19(26)9-13-24-12-3-10-21(14-24)11-8-20(27)25(15-21)16-6-7-16/h1-2,4-5,16H,3,6-15H2,(H,23,26)/t21-/m1/s1. The smallest absolute Gasteiger partial charge is 0.225 e. The zero-order chi connectivity index (χ0) is 18.9. The van der Waals surface area contributed by atoms with Crippen molar-refractivity contribution in [2.75, 3.05) is 31.5 Å². The number of piperidine rings is 2. The molecule has 2 heterocycles. The summed E-state index contributed by atoms with van der Waals surface area (Å²) in [6, 6.07) is 6.73. The number of carbonyl (C=O) groups is 2. The van der Waals surface area contributed by atoms with Crippen molar-refractivity contribution >= 4 is 17.5 Å². The van der Waals surface area contributed by atoms with E-state index in [2.05, 4.69) is 15.1 Å². The van der Waals surface area contributed by atoms with Crippen LogP contribution in [0, 0.1) is 11.2 Å².